The van der Waals surface area contributed by atoms with Crippen LogP contribution in [0.5, 0.6) is 0 Å². The minimum absolute atomic E-state index is 0.0718. The van der Waals surface area contributed by atoms with E-state index in [1.54, 1.807) is 0 Å². The molecule has 0 aliphatic heterocycles. The number of hydrogen-bond acceptors (Lipinski definition) is 0. The Kier molecular flexibility index (Phi) is 2.30. The maximum Gasteiger partial charge on any atom is 0.0748 e. The maximum atomic E-state index is 3.25. The second-order valence-corrected chi connectivity index (χ2v) is 9.20. The molecule has 0 bridgehead atoms. The summed E-state index contributed by atoms with van der Waals surface area (Å²) in [7, 11) is 1.43. The number of H-pyrrole nitrogens is 1. The Morgan fingerprint density at radius 1 is 1.78 bits per heavy atom. The molecule has 0 saturated carbocycles. The summed E-state index contributed by atoms with van der Waals surface area (Å²) in [6.45, 7) is 2.35. The largest absolute Gasteiger partial charge is 0.369 e. The summed E-state index contributed by atoms with van der Waals surface area (Å²) in [4.78, 5) is 3.25. The summed E-state index contributed by atoms with van der Waals surface area (Å²) in [6.07, 6.45) is 2.02. The van der Waals surface area contributed by atoms with E-state index >= 15 is 0 Å². The quantitative estimate of drug-likeness (QED) is 0.524. The van der Waals surface area contributed by atoms with Crippen molar-refractivity contribution in [3.8, 4) is 0 Å². The van der Waals surface area contributed by atoms with E-state index in [2.05, 4.69) is 24.0 Å². The minimum atomic E-state index is 0.0718. The van der Waals surface area contributed by atoms with Crippen molar-refractivity contribution >= 4 is 25.1 Å². The first-order valence-corrected chi connectivity index (χ1v) is 6.09. The van der Waals surface area contributed by atoms with Gasteiger partial charge in [-0.25, -0.2) is 0 Å². The van der Waals surface area contributed by atoms with Gasteiger partial charge in [-0.05, 0) is 17.4 Å². The fourth-order valence-electron chi connectivity index (χ4n) is 0.934. The molecule has 1 aromatic heterocycles. The van der Waals surface area contributed by atoms with Gasteiger partial charge >= 0.3 is 0 Å². The van der Waals surface area contributed by atoms with E-state index in [1.807, 2.05) is 6.20 Å². The van der Waals surface area contributed by atoms with Gasteiger partial charge in [0.2, 0.25) is 0 Å². The number of hydrogen-bond donors (Lipinski definition) is 1. The first-order chi connectivity index (χ1) is 4.29. The molecule has 0 aliphatic rings. The Balaban J connectivity index is 2.48. The lowest BCUT2D eigenvalue weighted by molar-refractivity contribution is 1.33. The molecule has 9 heavy (non-hydrogen) atoms. The standard InChI is InChI=1S/C6H13NSi2/c1-5(8)9-6-3-2-4-7-6/h2-5,7H,9H2,1,8H3. The van der Waals surface area contributed by atoms with Gasteiger partial charge in [0.25, 0.3) is 0 Å². The van der Waals surface area contributed by atoms with Gasteiger partial charge in [-0.3, -0.25) is 0 Å². The molecule has 1 nitrogen and oxygen atoms in total. The van der Waals surface area contributed by atoms with E-state index in [1.165, 1.54) is 15.6 Å². The Morgan fingerprint density at radius 2 is 2.56 bits per heavy atom. The van der Waals surface area contributed by atoms with Crippen LogP contribution in [-0.2, 0) is 0 Å². The first kappa shape index (κ1) is 6.83. The molecule has 50 valence electrons. The third-order valence-corrected chi connectivity index (χ3v) is 4.21. The lowest BCUT2D eigenvalue weighted by atomic mass is 10.7. The molecule has 0 aromatic carbocycles. The smallest absolute Gasteiger partial charge is 0.0748 e. The van der Waals surface area contributed by atoms with Gasteiger partial charge in [-0.15, -0.1) is 0 Å². The van der Waals surface area contributed by atoms with Crippen LogP contribution in [0.15, 0.2) is 18.3 Å². The molecular formula is C6H13NSi2. The Hall–Kier alpha value is -0.286. The van der Waals surface area contributed by atoms with Crippen LogP contribution < -0.4 is 5.32 Å². The van der Waals surface area contributed by atoms with Crippen LogP contribution in [0.2, 0.25) is 5.16 Å². The lowest BCUT2D eigenvalue weighted by Crippen LogP contribution is -2.18. The van der Waals surface area contributed by atoms with Crippen molar-refractivity contribution in [2.75, 3.05) is 0 Å². The van der Waals surface area contributed by atoms with Crippen LogP contribution in [-0.4, -0.2) is 24.7 Å². The molecule has 0 fully saturated rings. The molecular weight excluding hydrogens is 142 g/mol. The summed E-state index contributed by atoms with van der Waals surface area (Å²) >= 11 is 0. The van der Waals surface area contributed by atoms with Gasteiger partial charge in [-0.1, -0.05) is 12.1 Å². The fraction of sp³-hybridized carbons (Fsp3) is 0.333. The molecule has 1 unspecified atom stereocenters. The number of nitrogens with one attached hydrogen (secondary N) is 1. The second kappa shape index (κ2) is 3.03. The Labute approximate surface area is 61.1 Å². The van der Waals surface area contributed by atoms with Gasteiger partial charge in [0, 0.05) is 16.4 Å². The summed E-state index contributed by atoms with van der Waals surface area (Å²) in [6, 6.07) is 4.30. The molecule has 0 radical (unpaired) electrons. The van der Waals surface area contributed by atoms with Crippen LogP contribution in [0.4, 0.5) is 0 Å². The molecule has 1 N–H and O–H groups in total. The highest BCUT2D eigenvalue weighted by Crippen LogP contribution is 1.89. The van der Waals surface area contributed by atoms with Crippen LogP contribution in [0, 0.1) is 0 Å². The van der Waals surface area contributed by atoms with Crippen molar-refractivity contribution in [3.63, 3.8) is 0 Å². The third-order valence-electron chi connectivity index (χ3n) is 1.29. The number of aromatic nitrogens is 1. The van der Waals surface area contributed by atoms with E-state index in [4.69, 9.17) is 0 Å². The monoisotopic (exact) mass is 155 g/mol. The van der Waals surface area contributed by atoms with E-state index in [0.29, 0.717) is 0 Å². The predicted molar refractivity (Wildman–Crippen MR) is 48.3 cm³/mol. The number of aromatic amines is 1. The van der Waals surface area contributed by atoms with Crippen molar-refractivity contribution in [3.05, 3.63) is 18.3 Å². The van der Waals surface area contributed by atoms with Crippen molar-refractivity contribution in [2.45, 2.75) is 12.1 Å². The molecule has 0 aliphatic carbocycles. The summed E-state index contributed by atoms with van der Waals surface area (Å²) in [5.41, 5.74) is 0. The summed E-state index contributed by atoms with van der Waals surface area (Å²) in [5, 5.41) is 2.54. The Bertz CT molecular complexity index is 158. The molecule has 3 heteroatoms. The molecule has 1 aromatic rings. The van der Waals surface area contributed by atoms with E-state index in [-0.39, 0.29) is 9.52 Å². The third kappa shape index (κ3) is 2.19. The molecule has 0 spiro atoms. The van der Waals surface area contributed by atoms with E-state index < -0.39 is 0 Å². The zero-order chi connectivity index (χ0) is 6.69. The average molecular weight is 155 g/mol. The van der Waals surface area contributed by atoms with Gasteiger partial charge in [0.15, 0.2) is 0 Å². The average Bonchev–Trinajstić information content (AvgIpc) is 2.15. The van der Waals surface area contributed by atoms with Crippen LogP contribution in [0.3, 0.4) is 0 Å². The Morgan fingerprint density at radius 3 is 3.00 bits per heavy atom. The van der Waals surface area contributed by atoms with Gasteiger partial charge < -0.3 is 4.98 Å². The summed E-state index contributed by atoms with van der Waals surface area (Å²) < 4.78 is 0. The van der Waals surface area contributed by atoms with Gasteiger partial charge in [0.1, 0.15) is 0 Å². The van der Waals surface area contributed by atoms with E-state index in [0.717, 1.165) is 5.16 Å². The normalized spacial score (nSPS) is 15.2. The molecule has 1 rings (SSSR count). The van der Waals surface area contributed by atoms with Crippen molar-refractivity contribution in [2.24, 2.45) is 0 Å². The predicted octanol–water partition coefficient (Wildman–Crippen LogP) is -1.06. The SMILES string of the molecule is CC([SiH3])[SiH2]c1ccc[nH]1. The lowest BCUT2D eigenvalue weighted by Gasteiger charge is -1.98. The van der Waals surface area contributed by atoms with Crippen molar-refractivity contribution in [1.29, 1.82) is 0 Å². The fourth-order valence-corrected chi connectivity index (χ4v) is 3.64. The highest BCUT2D eigenvalue weighted by atomic mass is 28.2. The number of rotatable bonds is 2. The molecule has 1 heterocycles. The van der Waals surface area contributed by atoms with Crippen molar-refractivity contribution < 1.29 is 0 Å². The maximum absolute atomic E-state index is 3.25. The van der Waals surface area contributed by atoms with Crippen LogP contribution >= 0.6 is 0 Å². The zero-order valence-electron chi connectivity index (χ0n) is 6.02. The molecule has 0 amide bonds. The topological polar surface area (TPSA) is 15.8 Å². The highest BCUT2D eigenvalue weighted by molar-refractivity contribution is 6.61. The van der Waals surface area contributed by atoms with Crippen LogP contribution in [0.25, 0.3) is 0 Å². The van der Waals surface area contributed by atoms with Gasteiger partial charge in [-0.2, -0.15) is 0 Å². The zero-order valence-corrected chi connectivity index (χ0v) is 9.43. The molecule has 1 atom stereocenters. The van der Waals surface area contributed by atoms with Crippen LogP contribution in [0.1, 0.15) is 6.92 Å². The highest BCUT2D eigenvalue weighted by Gasteiger charge is 1.96. The minimum Gasteiger partial charge on any atom is -0.369 e. The summed E-state index contributed by atoms with van der Waals surface area (Å²) in [5.74, 6) is 0. The molecule has 0 saturated heterocycles. The second-order valence-electron chi connectivity index (χ2n) is 2.79. The van der Waals surface area contributed by atoms with Gasteiger partial charge in [0.05, 0.1) is 9.52 Å². The first-order valence-electron chi connectivity index (χ1n) is 3.41. The van der Waals surface area contributed by atoms with E-state index in [9.17, 15) is 0 Å². The van der Waals surface area contributed by atoms with Crippen molar-refractivity contribution in [1.82, 2.24) is 4.98 Å².